The zero-order valence-electron chi connectivity index (χ0n) is 9.64. The Hall–Kier alpha value is -1.42. The zero-order chi connectivity index (χ0) is 11.5. The molecule has 2 rings (SSSR count). The topological polar surface area (TPSA) is 42.4 Å². The first-order valence-electron chi connectivity index (χ1n) is 5.45. The number of amides is 1. The van der Waals surface area contributed by atoms with E-state index in [4.69, 9.17) is 4.74 Å². The lowest BCUT2D eigenvalue weighted by Crippen LogP contribution is -2.30. The highest BCUT2D eigenvalue weighted by molar-refractivity contribution is 5.94. The van der Waals surface area contributed by atoms with E-state index < -0.39 is 0 Å². The second-order valence-electron chi connectivity index (χ2n) is 4.08. The summed E-state index contributed by atoms with van der Waals surface area (Å²) in [6.07, 6.45) is 2.78. The second-order valence-corrected chi connectivity index (χ2v) is 4.08. The van der Waals surface area contributed by atoms with Gasteiger partial charge >= 0.3 is 0 Å². The zero-order valence-corrected chi connectivity index (χ0v) is 9.64. The molecule has 0 saturated carbocycles. The van der Waals surface area contributed by atoms with Gasteiger partial charge in [-0.25, -0.2) is 0 Å². The summed E-state index contributed by atoms with van der Waals surface area (Å²) in [5.41, 5.74) is 1.58. The highest BCUT2D eigenvalue weighted by Crippen LogP contribution is 2.15. The number of aryl methyl sites for hydroxylation is 1. The summed E-state index contributed by atoms with van der Waals surface area (Å²) in [6.45, 7) is 3.36. The second kappa shape index (κ2) is 4.61. The van der Waals surface area contributed by atoms with Crippen molar-refractivity contribution in [3.63, 3.8) is 0 Å². The van der Waals surface area contributed by atoms with Crippen molar-refractivity contribution in [2.45, 2.75) is 19.4 Å². The summed E-state index contributed by atoms with van der Waals surface area (Å²) in [5, 5.41) is 0. The van der Waals surface area contributed by atoms with Crippen LogP contribution in [0, 0.1) is 6.92 Å². The average Bonchev–Trinajstić information content (AvgIpc) is 2.76. The van der Waals surface area contributed by atoms with Gasteiger partial charge in [0.1, 0.15) is 0 Å². The number of nitrogens with zero attached hydrogens (tertiary/aromatic N) is 2. The standard InChI is InChI=1S/C12H16N2O2/c1-9-7-10(3-5-13-9)12(15)14-6-4-11(8-14)16-2/h3,5,7,11H,4,6,8H2,1-2H3. The Morgan fingerprint density at radius 2 is 2.44 bits per heavy atom. The van der Waals surface area contributed by atoms with Crippen LogP contribution in [0.25, 0.3) is 0 Å². The third-order valence-corrected chi connectivity index (χ3v) is 2.91. The Labute approximate surface area is 95.2 Å². The molecule has 2 heterocycles. The maximum Gasteiger partial charge on any atom is 0.254 e. The van der Waals surface area contributed by atoms with Gasteiger partial charge in [0.25, 0.3) is 5.91 Å². The molecule has 0 spiro atoms. The van der Waals surface area contributed by atoms with Gasteiger partial charge in [-0.1, -0.05) is 0 Å². The summed E-state index contributed by atoms with van der Waals surface area (Å²) >= 11 is 0. The fourth-order valence-electron chi connectivity index (χ4n) is 1.97. The first kappa shape index (κ1) is 11.1. The molecule has 1 aliphatic rings. The van der Waals surface area contributed by atoms with Crippen molar-refractivity contribution in [3.8, 4) is 0 Å². The maximum absolute atomic E-state index is 12.1. The maximum atomic E-state index is 12.1. The number of aromatic nitrogens is 1. The van der Waals surface area contributed by atoms with Gasteiger partial charge in [-0.15, -0.1) is 0 Å². The molecule has 1 aliphatic heterocycles. The van der Waals surface area contributed by atoms with Gasteiger partial charge in [0, 0.05) is 37.7 Å². The van der Waals surface area contributed by atoms with Crippen molar-refractivity contribution >= 4 is 5.91 Å². The van der Waals surface area contributed by atoms with Crippen molar-refractivity contribution in [2.24, 2.45) is 0 Å². The van der Waals surface area contributed by atoms with Crippen LogP contribution in [-0.2, 0) is 4.74 Å². The van der Waals surface area contributed by atoms with E-state index in [9.17, 15) is 4.79 Å². The Morgan fingerprint density at radius 3 is 3.06 bits per heavy atom. The number of hydrogen-bond donors (Lipinski definition) is 0. The molecule has 1 aromatic heterocycles. The summed E-state index contributed by atoms with van der Waals surface area (Å²) in [6, 6.07) is 3.58. The predicted octanol–water partition coefficient (Wildman–Crippen LogP) is 1.25. The minimum absolute atomic E-state index is 0.0741. The van der Waals surface area contributed by atoms with E-state index in [0.29, 0.717) is 12.1 Å². The van der Waals surface area contributed by atoms with Crippen LogP contribution < -0.4 is 0 Å². The van der Waals surface area contributed by atoms with Crippen molar-refractivity contribution in [1.29, 1.82) is 0 Å². The Bertz CT molecular complexity index is 392. The number of pyridine rings is 1. The molecular weight excluding hydrogens is 204 g/mol. The molecule has 0 aromatic carbocycles. The molecule has 1 fully saturated rings. The van der Waals surface area contributed by atoms with Crippen LogP contribution in [0.2, 0.25) is 0 Å². The molecule has 86 valence electrons. The molecule has 1 saturated heterocycles. The van der Waals surface area contributed by atoms with Crippen molar-refractivity contribution in [3.05, 3.63) is 29.6 Å². The summed E-state index contributed by atoms with van der Waals surface area (Å²) in [4.78, 5) is 18.0. The molecular formula is C12H16N2O2. The molecule has 0 bridgehead atoms. The fourth-order valence-corrected chi connectivity index (χ4v) is 1.97. The molecule has 16 heavy (non-hydrogen) atoms. The van der Waals surface area contributed by atoms with Crippen LogP contribution in [0.1, 0.15) is 22.5 Å². The predicted molar refractivity (Wildman–Crippen MR) is 60.3 cm³/mol. The third kappa shape index (κ3) is 2.22. The molecule has 4 heteroatoms. The van der Waals surface area contributed by atoms with E-state index in [0.717, 1.165) is 18.7 Å². The molecule has 1 atom stereocenters. The van der Waals surface area contributed by atoms with Crippen LogP contribution in [-0.4, -0.2) is 42.1 Å². The van der Waals surface area contributed by atoms with Gasteiger partial charge < -0.3 is 9.64 Å². The molecule has 0 radical (unpaired) electrons. The van der Waals surface area contributed by atoms with E-state index in [1.807, 2.05) is 17.9 Å². The quantitative estimate of drug-likeness (QED) is 0.753. The minimum atomic E-state index is 0.0741. The number of carbonyl (C=O) groups is 1. The fraction of sp³-hybridized carbons (Fsp3) is 0.500. The highest BCUT2D eigenvalue weighted by Gasteiger charge is 2.26. The van der Waals surface area contributed by atoms with Crippen LogP contribution in [0.5, 0.6) is 0 Å². The molecule has 0 N–H and O–H groups in total. The van der Waals surface area contributed by atoms with E-state index >= 15 is 0 Å². The Balaban J connectivity index is 2.08. The van der Waals surface area contributed by atoms with E-state index in [1.54, 1.807) is 19.4 Å². The highest BCUT2D eigenvalue weighted by atomic mass is 16.5. The number of hydrogen-bond acceptors (Lipinski definition) is 3. The van der Waals surface area contributed by atoms with Crippen LogP contribution >= 0.6 is 0 Å². The monoisotopic (exact) mass is 220 g/mol. The number of methoxy groups -OCH3 is 1. The van der Waals surface area contributed by atoms with Gasteiger partial charge in [-0.3, -0.25) is 9.78 Å². The van der Waals surface area contributed by atoms with Crippen molar-refractivity contribution < 1.29 is 9.53 Å². The molecule has 4 nitrogen and oxygen atoms in total. The van der Waals surface area contributed by atoms with Gasteiger partial charge in [0.05, 0.1) is 6.10 Å². The number of rotatable bonds is 2. The average molecular weight is 220 g/mol. The lowest BCUT2D eigenvalue weighted by molar-refractivity contribution is 0.0724. The first-order chi connectivity index (χ1) is 7.70. The van der Waals surface area contributed by atoms with Crippen molar-refractivity contribution in [2.75, 3.05) is 20.2 Å². The molecule has 1 aromatic rings. The molecule has 0 aliphatic carbocycles. The smallest absolute Gasteiger partial charge is 0.254 e. The SMILES string of the molecule is COC1CCN(C(=O)c2ccnc(C)c2)C1. The van der Waals surface area contributed by atoms with E-state index in [2.05, 4.69) is 4.98 Å². The summed E-state index contributed by atoms with van der Waals surface area (Å²) < 4.78 is 5.24. The van der Waals surface area contributed by atoms with Gasteiger partial charge in [-0.2, -0.15) is 0 Å². The lowest BCUT2D eigenvalue weighted by atomic mass is 10.2. The van der Waals surface area contributed by atoms with Crippen LogP contribution in [0.15, 0.2) is 18.3 Å². The third-order valence-electron chi connectivity index (χ3n) is 2.91. The minimum Gasteiger partial charge on any atom is -0.380 e. The first-order valence-corrected chi connectivity index (χ1v) is 5.45. The van der Waals surface area contributed by atoms with Crippen LogP contribution in [0.4, 0.5) is 0 Å². The summed E-state index contributed by atoms with van der Waals surface area (Å²) in [5.74, 6) is 0.0741. The van der Waals surface area contributed by atoms with Crippen molar-refractivity contribution in [1.82, 2.24) is 9.88 Å². The number of carbonyl (C=O) groups excluding carboxylic acids is 1. The number of ether oxygens (including phenoxy) is 1. The molecule has 1 amide bonds. The Morgan fingerprint density at radius 1 is 1.62 bits per heavy atom. The normalized spacial score (nSPS) is 20.1. The summed E-state index contributed by atoms with van der Waals surface area (Å²) in [7, 11) is 1.69. The van der Waals surface area contributed by atoms with Gasteiger partial charge in [0.15, 0.2) is 0 Å². The van der Waals surface area contributed by atoms with E-state index in [1.165, 1.54) is 0 Å². The largest absolute Gasteiger partial charge is 0.380 e. The van der Waals surface area contributed by atoms with Crippen LogP contribution in [0.3, 0.4) is 0 Å². The number of likely N-dealkylation sites (tertiary alicyclic amines) is 1. The van der Waals surface area contributed by atoms with Gasteiger partial charge in [0.2, 0.25) is 0 Å². The molecule has 1 unspecified atom stereocenters. The van der Waals surface area contributed by atoms with E-state index in [-0.39, 0.29) is 12.0 Å². The van der Waals surface area contributed by atoms with Gasteiger partial charge in [-0.05, 0) is 25.5 Å². The Kier molecular flexibility index (Phi) is 3.19. The lowest BCUT2D eigenvalue weighted by Gasteiger charge is -2.16.